The van der Waals surface area contributed by atoms with Gasteiger partial charge in [0.1, 0.15) is 18.6 Å². The lowest BCUT2D eigenvalue weighted by Gasteiger charge is -2.47. The van der Waals surface area contributed by atoms with E-state index in [1.807, 2.05) is 11.8 Å². The van der Waals surface area contributed by atoms with E-state index in [-0.39, 0.29) is 65.2 Å². The molecule has 0 aromatic carbocycles. The van der Waals surface area contributed by atoms with E-state index in [9.17, 15) is 24.3 Å². The van der Waals surface area contributed by atoms with Gasteiger partial charge in [-0.05, 0) is 48.4 Å². The molecule has 4 fully saturated rings. The normalized spacial score (nSPS) is 33.7. The van der Waals surface area contributed by atoms with Gasteiger partial charge in [-0.1, -0.05) is 6.92 Å². The number of aromatic nitrogens is 4. The zero-order valence-electron chi connectivity index (χ0n) is 24.0. The van der Waals surface area contributed by atoms with E-state index in [2.05, 4.69) is 31.2 Å². The van der Waals surface area contributed by atoms with Crippen molar-refractivity contribution in [2.75, 3.05) is 19.6 Å². The molecule has 8 atom stereocenters. The van der Waals surface area contributed by atoms with Crippen LogP contribution in [-0.4, -0.2) is 114 Å². The molecular formula is C26H37N11O5S. The van der Waals surface area contributed by atoms with Gasteiger partial charge < -0.3 is 37.0 Å². The zero-order valence-corrected chi connectivity index (χ0v) is 24.8. The second-order valence-corrected chi connectivity index (χ2v) is 13.6. The lowest BCUT2D eigenvalue weighted by atomic mass is 9.78. The highest BCUT2D eigenvalue weighted by Gasteiger charge is 2.60. The van der Waals surface area contributed by atoms with Crippen molar-refractivity contribution in [3.63, 3.8) is 0 Å². The Hall–Kier alpha value is -3.73. The molecule has 1 aromatic rings. The molecule has 0 spiro atoms. The molecule has 1 aromatic heterocycles. The van der Waals surface area contributed by atoms with Crippen LogP contribution >= 0.6 is 11.8 Å². The molecule has 5 aliphatic rings. The molecule has 16 nitrogen and oxygen atoms in total. The average Bonchev–Trinajstić information content (AvgIpc) is 3.74. The van der Waals surface area contributed by atoms with Crippen LogP contribution in [0.15, 0.2) is 21.9 Å². The summed E-state index contributed by atoms with van der Waals surface area (Å²) in [6.45, 7) is 5.55. The molecule has 3 amide bonds. The maximum atomic E-state index is 13.4. The van der Waals surface area contributed by atoms with E-state index in [4.69, 9.17) is 11.5 Å². The number of rotatable bonds is 9. The van der Waals surface area contributed by atoms with Crippen LogP contribution in [0.2, 0.25) is 0 Å². The standard InChI is InChI=1S/C26H37N11O5S/c1-11-20-19(12(2)31-18(38)9-36-10-30-33-34-36)24(40)37(20)21(25(41)42)22(11)43-16-5-17(29-6-16)23(39)35-7-13-3-15(32-26(27)28)4-14(13)8-35/h10-17,19-20,29H,3-9H2,1-2H3,(H,31,38)(H,41,42)(H4,27,28,32)/t11-,12?,13?,14?,15?,16+,17+,19-,20-/m1/s1. The number of carboxylic acid groups (broad SMARTS) is 1. The first-order valence-corrected chi connectivity index (χ1v) is 15.5. The summed E-state index contributed by atoms with van der Waals surface area (Å²) in [4.78, 5) is 59.7. The second kappa shape index (κ2) is 11.4. The number of thioether (sulfide) groups is 1. The number of carbonyl (C=O) groups excluding carboxylic acids is 3. The maximum absolute atomic E-state index is 13.4. The number of guanidine groups is 1. The van der Waals surface area contributed by atoms with Gasteiger partial charge in [-0.3, -0.25) is 19.4 Å². The molecular weight excluding hydrogens is 578 g/mol. The molecule has 3 unspecified atom stereocenters. The molecule has 0 bridgehead atoms. The number of nitrogens with one attached hydrogen (secondary N) is 2. The SMILES string of the molecule is CC(NC(=O)Cn1cnnn1)[C@H]1C(=O)N2C(C(=O)O)=C(S[C@@H]3CN[C@H](C(=O)N4CC5CC(N=C(N)N)CC5C4)C3)[C@H](C)[C@H]12. The zero-order chi connectivity index (χ0) is 30.6. The lowest BCUT2D eigenvalue weighted by molar-refractivity contribution is -0.158. The highest BCUT2D eigenvalue weighted by Crippen LogP contribution is 2.52. The predicted molar refractivity (Wildman–Crippen MR) is 154 cm³/mol. The summed E-state index contributed by atoms with van der Waals surface area (Å²) in [6, 6.07) is -1.09. The van der Waals surface area contributed by atoms with E-state index in [1.165, 1.54) is 27.7 Å². The molecule has 3 saturated heterocycles. The Balaban J connectivity index is 1.05. The van der Waals surface area contributed by atoms with Crippen molar-refractivity contribution in [1.82, 2.24) is 40.6 Å². The fourth-order valence-electron chi connectivity index (χ4n) is 7.63. The van der Waals surface area contributed by atoms with Gasteiger partial charge >= 0.3 is 5.97 Å². The number of carboxylic acids is 1. The van der Waals surface area contributed by atoms with E-state index < -0.39 is 17.9 Å². The number of hydrogen-bond acceptors (Lipinski definition) is 10. The van der Waals surface area contributed by atoms with Crippen molar-refractivity contribution in [2.24, 2.45) is 40.1 Å². The summed E-state index contributed by atoms with van der Waals surface area (Å²) in [5.74, 6) is -1.63. The Morgan fingerprint density at radius 3 is 2.58 bits per heavy atom. The Morgan fingerprint density at radius 1 is 1.23 bits per heavy atom. The maximum Gasteiger partial charge on any atom is 0.353 e. The van der Waals surface area contributed by atoms with E-state index >= 15 is 0 Å². The summed E-state index contributed by atoms with van der Waals surface area (Å²) in [5, 5.41) is 27.0. The molecule has 5 heterocycles. The van der Waals surface area contributed by atoms with Crippen LogP contribution in [-0.2, 0) is 25.7 Å². The van der Waals surface area contributed by atoms with Crippen molar-refractivity contribution in [1.29, 1.82) is 0 Å². The first-order valence-electron chi connectivity index (χ1n) is 14.6. The van der Waals surface area contributed by atoms with Gasteiger partial charge in [0.25, 0.3) is 0 Å². The van der Waals surface area contributed by atoms with Crippen LogP contribution in [0, 0.1) is 23.7 Å². The lowest BCUT2D eigenvalue weighted by Crippen LogP contribution is -2.66. The molecule has 232 valence electrons. The summed E-state index contributed by atoms with van der Waals surface area (Å²) in [7, 11) is 0. The minimum Gasteiger partial charge on any atom is -0.477 e. The van der Waals surface area contributed by atoms with Gasteiger partial charge in [0.15, 0.2) is 5.96 Å². The van der Waals surface area contributed by atoms with E-state index in [1.54, 1.807) is 6.92 Å². The number of aliphatic carboxylic acids is 1. The first kappa shape index (κ1) is 29.3. The molecule has 43 heavy (non-hydrogen) atoms. The number of tetrazole rings is 1. The van der Waals surface area contributed by atoms with Crippen LogP contribution in [0.5, 0.6) is 0 Å². The van der Waals surface area contributed by atoms with Crippen molar-refractivity contribution < 1.29 is 24.3 Å². The van der Waals surface area contributed by atoms with Crippen molar-refractivity contribution in [2.45, 2.75) is 69.1 Å². The first-order chi connectivity index (χ1) is 20.5. The third-order valence-electron chi connectivity index (χ3n) is 9.47. The number of amides is 3. The average molecular weight is 616 g/mol. The molecule has 0 radical (unpaired) electrons. The van der Waals surface area contributed by atoms with Crippen LogP contribution < -0.4 is 22.1 Å². The van der Waals surface area contributed by atoms with Crippen LogP contribution in [0.25, 0.3) is 0 Å². The number of aliphatic imine (C=N–C) groups is 1. The fourth-order valence-corrected chi connectivity index (χ4v) is 9.11. The Bertz CT molecular complexity index is 1350. The Labute approximate surface area is 252 Å². The van der Waals surface area contributed by atoms with Crippen molar-refractivity contribution in [3.05, 3.63) is 16.9 Å². The monoisotopic (exact) mass is 615 g/mol. The van der Waals surface area contributed by atoms with Gasteiger partial charge in [0.2, 0.25) is 17.7 Å². The number of nitrogens with two attached hydrogens (primary N) is 2. The number of β-lactam (4-membered cyclic amide) rings is 1. The summed E-state index contributed by atoms with van der Waals surface area (Å²) >= 11 is 1.45. The van der Waals surface area contributed by atoms with E-state index in [0.717, 1.165) is 12.8 Å². The van der Waals surface area contributed by atoms with Crippen LogP contribution in [0.1, 0.15) is 33.1 Å². The Morgan fingerprint density at radius 2 is 1.95 bits per heavy atom. The van der Waals surface area contributed by atoms with Crippen LogP contribution in [0.4, 0.5) is 0 Å². The third kappa shape index (κ3) is 5.43. The minimum atomic E-state index is -1.15. The third-order valence-corrected chi connectivity index (χ3v) is 11.0. The molecule has 1 saturated carbocycles. The highest BCUT2D eigenvalue weighted by atomic mass is 32.2. The second-order valence-electron chi connectivity index (χ2n) is 12.3. The van der Waals surface area contributed by atoms with Gasteiger partial charge in [-0.25, -0.2) is 9.48 Å². The molecule has 7 N–H and O–H groups in total. The number of hydrogen-bond donors (Lipinski definition) is 5. The van der Waals surface area contributed by atoms with Gasteiger partial charge in [0.05, 0.1) is 24.0 Å². The summed E-state index contributed by atoms with van der Waals surface area (Å²) in [5.41, 5.74) is 11.1. The highest BCUT2D eigenvalue weighted by molar-refractivity contribution is 8.03. The fraction of sp³-hybridized carbons (Fsp3) is 0.692. The number of nitrogens with zero attached hydrogens (tertiary/aromatic N) is 7. The summed E-state index contributed by atoms with van der Waals surface area (Å²) in [6.07, 6.45) is 3.65. The molecule has 6 rings (SSSR count). The number of fused-ring (bicyclic) bond motifs is 2. The van der Waals surface area contributed by atoms with Gasteiger partial charge in [-0.15, -0.1) is 16.9 Å². The topological polar surface area (TPSA) is 227 Å². The number of carbonyl (C=O) groups is 4. The summed E-state index contributed by atoms with van der Waals surface area (Å²) < 4.78 is 1.28. The van der Waals surface area contributed by atoms with Gasteiger partial charge in [0, 0.05) is 41.7 Å². The Kier molecular flexibility index (Phi) is 7.78. The number of likely N-dealkylation sites (tertiary alicyclic amines) is 1. The predicted octanol–water partition coefficient (Wildman–Crippen LogP) is -2.08. The minimum absolute atomic E-state index is 0.00782. The van der Waals surface area contributed by atoms with Crippen molar-refractivity contribution >= 4 is 41.4 Å². The van der Waals surface area contributed by atoms with Crippen LogP contribution in [0.3, 0.4) is 0 Å². The smallest absolute Gasteiger partial charge is 0.353 e. The molecule has 4 aliphatic heterocycles. The van der Waals surface area contributed by atoms with Gasteiger partial charge in [-0.2, -0.15) is 0 Å². The quantitative estimate of drug-likeness (QED) is 0.115. The molecule has 1 aliphatic carbocycles. The van der Waals surface area contributed by atoms with Crippen molar-refractivity contribution in [3.8, 4) is 0 Å². The molecule has 17 heteroatoms. The van der Waals surface area contributed by atoms with E-state index in [0.29, 0.717) is 42.8 Å². The largest absolute Gasteiger partial charge is 0.477 e.